The van der Waals surface area contributed by atoms with Crippen LogP contribution in [0.15, 0.2) is 4.99 Å². The highest BCUT2D eigenvalue weighted by molar-refractivity contribution is 14.0. The first-order valence-corrected chi connectivity index (χ1v) is 11.4. The number of halogens is 1. The fraction of sp³-hybridized carbons (Fsp3) is 0.864. The fourth-order valence-corrected chi connectivity index (χ4v) is 3.15. The lowest BCUT2D eigenvalue weighted by molar-refractivity contribution is -0.130. The van der Waals surface area contributed by atoms with Crippen LogP contribution in [0, 0.1) is 5.92 Å². The zero-order valence-corrected chi connectivity index (χ0v) is 23.5. The number of hydrogen-bond acceptors (Lipinski definition) is 5. The van der Waals surface area contributed by atoms with Gasteiger partial charge in [-0.05, 0) is 46.5 Å². The summed E-state index contributed by atoms with van der Waals surface area (Å²) in [7, 11) is 3.58. The highest BCUT2D eigenvalue weighted by Gasteiger charge is 2.23. The molecular weight excluding hydrogens is 523 g/mol. The van der Waals surface area contributed by atoms with Crippen molar-refractivity contribution in [2.75, 3.05) is 46.8 Å². The van der Waals surface area contributed by atoms with Crippen molar-refractivity contribution in [3.63, 3.8) is 0 Å². The molecule has 1 fully saturated rings. The summed E-state index contributed by atoms with van der Waals surface area (Å²) in [6.45, 7) is 15.2. The van der Waals surface area contributed by atoms with Gasteiger partial charge in [-0.25, -0.2) is 4.79 Å². The van der Waals surface area contributed by atoms with Gasteiger partial charge in [0, 0.05) is 39.8 Å². The SMILES string of the molecule is CCNC(=NCC(NC(=O)OC(C)(C)C)C(C)C)NC1CCN(CC(=O)N(C)C)CC1.I. The van der Waals surface area contributed by atoms with E-state index in [1.807, 2.05) is 27.7 Å². The first kappa shape index (κ1) is 30.7. The van der Waals surface area contributed by atoms with Gasteiger partial charge in [-0.1, -0.05) is 13.8 Å². The molecule has 10 heteroatoms. The predicted octanol–water partition coefficient (Wildman–Crippen LogP) is 2.26. The first-order chi connectivity index (χ1) is 14.4. The topological polar surface area (TPSA) is 98.3 Å². The van der Waals surface area contributed by atoms with Gasteiger partial charge in [0.25, 0.3) is 0 Å². The highest BCUT2D eigenvalue weighted by atomic mass is 127. The Morgan fingerprint density at radius 3 is 2.25 bits per heavy atom. The smallest absolute Gasteiger partial charge is 0.407 e. The van der Waals surface area contributed by atoms with Crippen LogP contribution in [0.4, 0.5) is 4.79 Å². The Morgan fingerprint density at radius 2 is 1.78 bits per heavy atom. The zero-order chi connectivity index (χ0) is 23.6. The number of aliphatic imine (C=N–C) groups is 1. The number of amides is 2. The lowest BCUT2D eigenvalue weighted by atomic mass is 10.0. The third-order valence-electron chi connectivity index (χ3n) is 5.08. The molecule has 3 N–H and O–H groups in total. The maximum absolute atomic E-state index is 12.2. The van der Waals surface area contributed by atoms with E-state index in [4.69, 9.17) is 9.73 Å². The molecule has 0 saturated carbocycles. The van der Waals surface area contributed by atoms with Crippen molar-refractivity contribution >= 4 is 41.9 Å². The van der Waals surface area contributed by atoms with Gasteiger partial charge in [0.1, 0.15) is 5.60 Å². The molecule has 0 bridgehead atoms. The number of nitrogens with one attached hydrogen (secondary N) is 3. The second-order valence-electron chi connectivity index (χ2n) is 9.70. The number of hydrogen-bond donors (Lipinski definition) is 3. The van der Waals surface area contributed by atoms with Gasteiger partial charge < -0.3 is 25.6 Å². The molecule has 0 aromatic rings. The minimum atomic E-state index is -0.530. The van der Waals surface area contributed by atoms with E-state index in [0.29, 0.717) is 19.1 Å². The Bertz CT molecular complexity index is 599. The van der Waals surface area contributed by atoms with Crippen LogP contribution in [0.2, 0.25) is 0 Å². The molecule has 1 aliphatic rings. The van der Waals surface area contributed by atoms with E-state index in [-0.39, 0.29) is 41.8 Å². The van der Waals surface area contributed by atoms with Crippen molar-refractivity contribution in [2.45, 2.75) is 72.1 Å². The van der Waals surface area contributed by atoms with E-state index >= 15 is 0 Å². The summed E-state index contributed by atoms with van der Waals surface area (Å²) in [5, 5.41) is 9.75. The van der Waals surface area contributed by atoms with Gasteiger partial charge in [0.2, 0.25) is 5.91 Å². The van der Waals surface area contributed by atoms with Gasteiger partial charge in [-0.3, -0.25) is 14.7 Å². The first-order valence-electron chi connectivity index (χ1n) is 11.4. The molecule has 1 saturated heterocycles. The summed E-state index contributed by atoms with van der Waals surface area (Å²) in [6.07, 6.45) is 1.49. The molecule has 32 heavy (non-hydrogen) atoms. The minimum Gasteiger partial charge on any atom is -0.444 e. The molecule has 1 heterocycles. The maximum atomic E-state index is 12.2. The Balaban J connectivity index is 0.00000961. The van der Waals surface area contributed by atoms with Crippen molar-refractivity contribution in [1.82, 2.24) is 25.8 Å². The Labute approximate surface area is 211 Å². The molecule has 1 atom stereocenters. The number of likely N-dealkylation sites (tertiary alicyclic amines) is 1. The van der Waals surface area contributed by atoms with Crippen LogP contribution in [-0.2, 0) is 9.53 Å². The van der Waals surface area contributed by atoms with Gasteiger partial charge in [0.05, 0.1) is 19.1 Å². The molecule has 188 valence electrons. The average molecular weight is 569 g/mol. The van der Waals surface area contributed by atoms with E-state index in [0.717, 1.165) is 38.4 Å². The number of rotatable bonds is 8. The highest BCUT2D eigenvalue weighted by Crippen LogP contribution is 2.11. The van der Waals surface area contributed by atoms with Crippen LogP contribution in [-0.4, -0.2) is 92.3 Å². The molecular formula is C22H45IN6O3. The van der Waals surface area contributed by atoms with Crippen LogP contribution in [0.25, 0.3) is 0 Å². The minimum absolute atomic E-state index is 0. The molecule has 0 aromatic carbocycles. The van der Waals surface area contributed by atoms with Gasteiger partial charge >= 0.3 is 6.09 Å². The van der Waals surface area contributed by atoms with E-state index < -0.39 is 11.7 Å². The summed E-state index contributed by atoms with van der Waals surface area (Å²) in [5.41, 5.74) is -0.530. The molecule has 0 aliphatic carbocycles. The third kappa shape index (κ3) is 12.7. The average Bonchev–Trinajstić information content (AvgIpc) is 2.64. The number of carbonyl (C=O) groups excluding carboxylic acids is 2. The van der Waals surface area contributed by atoms with E-state index in [9.17, 15) is 9.59 Å². The van der Waals surface area contributed by atoms with Gasteiger partial charge in [-0.15, -0.1) is 24.0 Å². The van der Waals surface area contributed by atoms with E-state index in [2.05, 4.69) is 34.7 Å². The van der Waals surface area contributed by atoms with Crippen molar-refractivity contribution < 1.29 is 14.3 Å². The van der Waals surface area contributed by atoms with Crippen LogP contribution in [0.1, 0.15) is 54.4 Å². The van der Waals surface area contributed by atoms with Crippen LogP contribution < -0.4 is 16.0 Å². The largest absolute Gasteiger partial charge is 0.444 e. The lowest BCUT2D eigenvalue weighted by Gasteiger charge is -2.33. The second kappa shape index (κ2) is 14.8. The van der Waals surface area contributed by atoms with Crippen LogP contribution in [0.5, 0.6) is 0 Å². The summed E-state index contributed by atoms with van der Waals surface area (Å²) in [6, 6.07) is 0.184. The number of piperidine rings is 1. The Kier molecular flexibility index (Phi) is 14.2. The molecule has 1 unspecified atom stereocenters. The van der Waals surface area contributed by atoms with Crippen molar-refractivity contribution in [3.8, 4) is 0 Å². The van der Waals surface area contributed by atoms with Gasteiger partial charge in [-0.2, -0.15) is 0 Å². The van der Waals surface area contributed by atoms with E-state index in [1.165, 1.54) is 0 Å². The lowest BCUT2D eigenvalue weighted by Crippen LogP contribution is -2.50. The molecule has 9 nitrogen and oxygen atoms in total. The fourth-order valence-electron chi connectivity index (χ4n) is 3.15. The van der Waals surface area contributed by atoms with Crippen molar-refractivity contribution in [3.05, 3.63) is 0 Å². The maximum Gasteiger partial charge on any atom is 0.407 e. The van der Waals surface area contributed by atoms with Crippen molar-refractivity contribution in [1.29, 1.82) is 0 Å². The quantitative estimate of drug-likeness (QED) is 0.236. The number of likely N-dealkylation sites (N-methyl/N-ethyl adjacent to an activating group) is 1. The van der Waals surface area contributed by atoms with Crippen LogP contribution in [0.3, 0.4) is 0 Å². The monoisotopic (exact) mass is 568 g/mol. The molecule has 0 aromatic heterocycles. The summed E-state index contributed by atoms with van der Waals surface area (Å²) >= 11 is 0. The molecule has 2 amide bonds. The third-order valence-corrected chi connectivity index (χ3v) is 5.08. The normalized spacial score (nSPS) is 16.7. The summed E-state index contributed by atoms with van der Waals surface area (Å²) < 4.78 is 5.38. The molecule has 0 radical (unpaired) electrons. The number of guanidine groups is 1. The Hall–Kier alpha value is -1.30. The zero-order valence-electron chi connectivity index (χ0n) is 21.2. The Morgan fingerprint density at radius 1 is 1.19 bits per heavy atom. The molecule has 1 rings (SSSR count). The second-order valence-corrected chi connectivity index (χ2v) is 9.70. The predicted molar refractivity (Wildman–Crippen MR) is 141 cm³/mol. The number of ether oxygens (including phenoxy) is 1. The summed E-state index contributed by atoms with van der Waals surface area (Å²) in [4.78, 5) is 32.6. The number of nitrogens with zero attached hydrogens (tertiary/aromatic N) is 3. The van der Waals surface area contributed by atoms with E-state index in [1.54, 1.807) is 19.0 Å². The van der Waals surface area contributed by atoms with Gasteiger partial charge in [0.15, 0.2) is 5.96 Å². The number of alkyl carbamates (subject to hydrolysis) is 1. The molecule has 1 aliphatic heterocycles. The van der Waals surface area contributed by atoms with Crippen LogP contribution >= 0.6 is 24.0 Å². The molecule has 0 spiro atoms. The summed E-state index contributed by atoms with van der Waals surface area (Å²) in [5.74, 6) is 1.11. The number of carbonyl (C=O) groups is 2. The van der Waals surface area contributed by atoms with Crippen molar-refractivity contribution in [2.24, 2.45) is 10.9 Å². The standard InChI is InChI=1S/C22H44N6O3.HI/c1-9-23-20(24-14-18(16(2)3)26-21(30)31-22(4,5)6)25-17-10-12-28(13-11-17)15-19(29)27(7)8;/h16-18H,9-15H2,1-8H3,(H,26,30)(H2,23,24,25);1H.